The number of methoxy groups -OCH3 is 1. The molecule has 2 heterocycles. The monoisotopic (exact) mass is 329 g/mol. The standard InChI is InChI=1S/C18H23N3O3/c1-13-11-15(20-24-13)18(22)19-12-16(21-9-5-6-10-21)14-7-3-4-8-17(14)23-2/h3-4,7-8,11,16H,5-6,9-10,12H2,1-2H3,(H,19,22). The van der Waals surface area contributed by atoms with Gasteiger partial charge in [-0.3, -0.25) is 9.69 Å². The molecule has 1 N–H and O–H groups in total. The number of carbonyl (C=O) groups excluding carboxylic acids is 1. The minimum Gasteiger partial charge on any atom is -0.496 e. The van der Waals surface area contributed by atoms with Crippen LogP contribution < -0.4 is 10.1 Å². The van der Waals surface area contributed by atoms with Crippen molar-refractivity contribution in [3.05, 3.63) is 47.3 Å². The molecule has 0 aliphatic carbocycles. The molecule has 0 spiro atoms. The SMILES string of the molecule is COc1ccccc1C(CNC(=O)c1cc(C)on1)N1CCCC1. The summed E-state index contributed by atoms with van der Waals surface area (Å²) < 4.78 is 10.5. The minimum absolute atomic E-state index is 0.0839. The highest BCUT2D eigenvalue weighted by molar-refractivity contribution is 5.92. The van der Waals surface area contributed by atoms with E-state index in [1.54, 1.807) is 20.1 Å². The Kier molecular flexibility index (Phi) is 5.15. The number of hydrogen-bond acceptors (Lipinski definition) is 5. The Morgan fingerprint density at radius 3 is 2.79 bits per heavy atom. The van der Waals surface area contributed by atoms with E-state index >= 15 is 0 Å². The fourth-order valence-electron chi connectivity index (χ4n) is 3.18. The van der Waals surface area contributed by atoms with Crippen LogP contribution in [0.3, 0.4) is 0 Å². The zero-order valence-corrected chi connectivity index (χ0v) is 14.1. The summed E-state index contributed by atoms with van der Waals surface area (Å²) in [5.74, 6) is 1.26. The van der Waals surface area contributed by atoms with Gasteiger partial charge in [-0.15, -0.1) is 0 Å². The first-order chi connectivity index (χ1) is 11.7. The van der Waals surface area contributed by atoms with Gasteiger partial charge in [0.25, 0.3) is 5.91 Å². The highest BCUT2D eigenvalue weighted by Crippen LogP contribution is 2.31. The number of aryl methyl sites for hydroxylation is 1. The zero-order valence-electron chi connectivity index (χ0n) is 14.1. The van der Waals surface area contributed by atoms with Crippen LogP contribution in [0.15, 0.2) is 34.9 Å². The number of aromatic nitrogens is 1. The van der Waals surface area contributed by atoms with Gasteiger partial charge in [-0.25, -0.2) is 0 Å². The zero-order chi connectivity index (χ0) is 16.9. The number of amides is 1. The maximum absolute atomic E-state index is 12.3. The van der Waals surface area contributed by atoms with Crippen LogP contribution in [0.5, 0.6) is 5.75 Å². The summed E-state index contributed by atoms with van der Waals surface area (Å²) in [7, 11) is 1.68. The second-order valence-electron chi connectivity index (χ2n) is 6.03. The molecular weight excluding hydrogens is 306 g/mol. The highest BCUT2D eigenvalue weighted by atomic mass is 16.5. The average molecular weight is 329 g/mol. The molecule has 1 aromatic heterocycles. The summed E-state index contributed by atoms with van der Waals surface area (Å²) in [4.78, 5) is 14.7. The van der Waals surface area contributed by atoms with Crippen LogP contribution in [0.1, 0.15) is 40.7 Å². The van der Waals surface area contributed by atoms with Gasteiger partial charge in [-0.2, -0.15) is 0 Å². The third-order valence-corrected chi connectivity index (χ3v) is 4.40. The van der Waals surface area contributed by atoms with E-state index in [-0.39, 0.29) is 11.9 Å². The molecule has 0 radical (unpaired) electrons. The van der Waals surface area contributed by atoms with Crippen molar-refractivity contribution in [3.8, 4) is 5.75 Å². The number of rotatable bonds is 6. The molecule has 128 valence electrons. The van der Waals surface area contributed by atoms with Crippen molar-refractivity contribution in [2.24, 2.45) is 0 Å². The predicted octanol–water partition coefficient (Wildman–Crippen LogP) is 2.56. The topological polar surface area (TPSA) is 67.6 Å². The van der Waals surface area contributed by atoms with Gasteiger partial charge in [-0.05, 0) is 38.9 Å². The Labute approximate surface area is 141 Å². The van der Waals surface area contributed by atoms with Crippen LogP contribution >= 0.6 is 0 Å². The lowest BCUT2D eigenvalue weighted by atomic mass is 10.0. The van der Waals surface area contributed by atoms with Gasteiger partial charge in [0.15, 0.2) is 5.69 Å². The molecule has 1 saturated heterocycles. The van der Waals surface area contributed by atoms with Crippen molar-refractivity contribution in [3.63, 3.8) is 0 Å². The largest absolute Gasteiger partial charge is 0.496 e. The summed E-state index contributed by atoms with van der Waals surface area (Å²) in [5.41, 5.74) is 1.41. The molecule has 1 atom stereocenters. The molecule has 6 nitrogen and oxygen atoms in total. The summed E-state index contributed by atoms with van der Waals surface area (Å²) in [6.45, 7) is 4.33. The number of carbonyl (C=O) groups is 1. The molecule has 1 unspecified atom stereocenters. The Hall–Kier alpha value is -2.34. The van der Waals surface area contributed by atoms with Crippen molar-refractivity contribution in [2.45, 2.75) is 25.8 Å². The maximum Gasteiger partial charge on any atom is 0.273 e. The highest BCUT2D eigenvalue weighted by Gasteiger charge is 2.26. The summed E-state index contributed by atoms with van der Waals surface area (Å²) in [6.07, 6.45) is 2.37. The van der Waals surface area contributed by atoms with E-state index < -0.39 is 0 Å². The Morgan fingerprint density at radius 2 is 2.12 bits per heavy atom. The van der Waals surface area contributed by atoms with Crippen molar-refractivity contribution in [2.75, 3.05) is 26.7 Å². The Bertz CT molecular complexity index is 692. The first-order valence-electron chi connectivity index (χ1n) is 8.27. The second kappa shape index (κ2) is 7.49. The number of likely N-dealkylation sites (tertiary alicyclic amines) is 1. The van der Waals surface area contributed by atoms with Gasteiger partial charge >= 0.3 is 0 Å². The lowest BCUT2D eigenvalue weighted by Gasteiger charge is -2.29. The van der Waals surface area contributed by atoms with E-state index in [0.717, 1.165) is 24.4 Å². The second-order valence-corrected chi connectivity index (χ2v) is 6.03. The summed E-state index contributed by atoms with van der Waals surface area (Å²) in [6, 6.07) is 9.71. The van der Waals surface area contributed by atoms with Gasteiger partial charge in [0.05, 0.1) is 13.2 Å². The maximum atomic E-state index is 12.3. The molecule has 1 aliphatic rings. The lowest BCUT2D eigenvalue weighted by molar-refractivity contribution is 0.0928. The Balaban J connectivity index is 1.76. The molecule has 3 rings (SSSR count). The van der Waals surface area contributed by atoms with Gasteiger partial charge in [0.2, 0.25) is 0 Å². The number of hydrogen-bond donors (Lipinski definition) is 1. The number of nitrogens with one attached hydrogen (secondary N) is 1. The van der Waals surface area contributed by atoms with Crippen molar-refractivity contribution >= 4 is 5.91 Å². The number of para-hydroxylation sites is 1. The van der Waals surface area contributed by atoms with Crippen LogP contribution in [0.2, 0.25) is 0 Å². The van der Waals surface area contributed by atoms with Crippen LogP contribution in [-0.4, -0.2) is 42.7 Å². The van der Waals surface area contributed by atoms with Crippen molar-refractivity contribution in [1.29, 1.82) is 0 Å². The van der Waals surface area contributed by atoms with Gasteiger partial charge < -0.3 is 14.6 Å². The van der Waals surface area contributed by atoms with E-state index in [0.29, 0.717) is 18.0 Å². The summed E-state index contributed by atoms with van der Waals surface area (Å²) >= 11 is 0. The van der Waals surface area contributed by atoms with E-state index in [1.807, 2.05) is 18.2 Å². The van der Waals surface area contributed by atoms with Gasteiger partial charge in [0, 0.05) is 18.2 Å². The number of ether oxygens (including phenoxy) is 1. The van der Waals surface area contributed by atoms with E-state index in [2.05, 4.69) is 21.4 Å². The molecule has 1 amide bonds. The Morgan fingerprint density at radius 1 is 1.38 bits per heavy atom. The van der Waals surface area contributed by atoms with Crippen LogP contribution in [0.4, 0.5) is 0 Å². The molecule has 1 fully saturated rings. The van der Waals surface area contributed by atoms with Crippen LogP contribution in [0.25, 0.3) is 0 Å². The van der Waals surface area contributed by atoms with E-state index in [1.165, 1.54) is 12.8 Å². The lowest BCUT2D eigenvalue weighted by Crippen LogP contribution is -2.37. The van der Waals surface area contributed by atoms with Crippen molar-refractivity contribution in [1.82, 2.24) is 15.4 Å². The van der Waals surface area contributed by atoms with Gasteiger partial charge in [-0.1, -0.05) is 23.4 Å². The first-order valence-corrected chi connectivity index (χ1v) is 8.27. The molecule has 6 heteroatoms. The van der Waals surface area contributed by atoms with Crippen LogP contribution in [-0.2, 0) is 0 Å². The third-order valence-electron chi connectivity index (χ3n) is 4.40. The molecule has 0 bridgehead atoms. The van der Waals surface area contributed by atoms with Crippen LogP contribution in [0, 0.1) is 6.92 Å². The predicted molar refractivity (Wildman–Crippen MR) is 90.1 cm³/mol. The van der Waals surface area contributed by atoms with Gasteiger partial charge in [0.1, 0.15) is 11.5 Å². The molecule has 24 heavy (non-hydrogen) atoms. The summed E-state index contributed by atoms with van der Waals surface area (Å²) in [5, 5.41) is 6.75. The van der Waals surface area contributed by atoms with Crippen molar-refractivity contribution < 1.29 is 14.1 Å². The smallest absolute Gasteiger partial charge is 0.273 e. The molecular formula is C18H23N3O3. The third kappa shape index (κ3) is 3.59. The number of benzene rings is 1. The van der Waals surface area contributed by atoms with E-state index in [9.17, 15) is 4.79 Å². The minimum atomic E-state index is -0.217. The van der Waals surface area contributed by atoms with E-state index in [4.69, 9.17) is 9.26 Å². The fraction of sp³-hybridized carbons (Fsp3) is 0.444. The molecule has 1 aromatic carbocycles. The fourth-order valence-corrected chi connectivity index (χ4v) is 3.18. The average Bonchev–Trinajstić information content (AvgIpc) is 3.27. The molecule has 2 aromatic rings. The quantitative estimate of drug-likeness (QED) is 0.882. The molecule has 0 saturated carbocycles. The first kappa shape index (κ1) is 16.5. The number of nitrogens with zero attached hydrogens (tertiary/aromatic N) is 2. The molecule has 1 aliphatic heterocycles. The normalized spacial score (nSPS) is 16.1.